The SMILES string of the molecule is C=CCOc1ccc2cc(CCC3CCC(C4CCC(/C=C/CCC)CC4)CC3)c(F)c(F)c2c1. The molecule has 4 rings (SSSR count). The molecule has 0 atom stereocenters. The van der Waals surface area contributed by atoms with Crippen LogP contribution in [-0.2, 0) is 6.42 Å². The van der Waals surface area contributed by atoms with Crippen LogP contribution in [0.4, 0.5) is 8.78 Å². The van der Waals surface area contributed by atoms with Crippen LogP contribution in [0.25, 0.3) is 10.8 Å². The van der Waals surface area contributed by atoms with Crippen LogP contribution in [-0.4, -0.2) is 6.61 Å². The summed E-state index contributed by atoms with van der Waals surface area (Å²) in [7, 11) is 0. The quantitative estimate of drug-likeness (QED) is 0.308. The monoisotopic (exact) mass is 480 g/mol. The smallest absolute Gasteiger partial charge is 0.167 e. The van der Waals surface area contributed by atoms with E-state index in [4.69, 9.17) is 4.74 Å². The number of aryl methyl sites for hydroxylation is 1. The van der Waals surface area contributed by atoms with Gasteiger partial charge in [0.2, 0.25) is 0 Å². The second-order valence-corrected chi connectivity index (χ2v) is 10.9. The summed E-state index contributed by atoms with van der Waals surface area (Å²) in [4.78, 5) is 0. The maximum absolute atomic E-state index is 14.9. The summed E-state index contributed by atoms with van der Waals surface area (Å²) >= 11 is 0. The van der Waals surface area contributed by atoms with Crippen LogP contribution in [0.3, 0.4) is 0 Å². The molecule has 0 saturated heterocycles. The molecule has 2 aliphatic rings. The summed E-state index contributed by atoms with van der Waals surface area (Å²) in [5.41, 5.74) is 0.506. The second kappa shape index (κ2) is 12.7. The number of benzene rings is 2. The number of hydrogen-bond donors (Lipinski definition) is 0. The van der Waals surface area contributed by atoms with E-state index in [9.17, 15) is 8.78 Å². The third-order valence-electron chi connectivity index (χ3n) is 8.49. The van der Waals surface area contributed by atoms with E-state index in [1.807, 2.05) is 18.2 Å². The van der Waals surface area contributed by atoms with Crippen molar-refractivity contribution in [3.8, 4) is 5.75 Å². The van der Waals surface area contributed by atoms with Gasteiger partial charge in [0.15, 0.2) is 11.6 Å². The van der Waals surface area contributed by atoms with Gasteiger partial charge in [0.25, 0.3) is 0 Å². The maximum atomic E-state index is 14.9. The van der Waals surface area contributed by atoms with Crippen LogP contribution in [0.2, 0.25) is 0 Å². The van der Waals surface area contributed by atoms with Crippen molar-refractivity contribution in [3.63, 3.8) is 0 Å². The number of hydrogen-bond acceptors (Lipinski definition) is 1. The van der Waals surface area contributed by atoms with Crippen molar-refractivity contribution in [3.05, 3.63) is 66.3 Å². The van der Waals surface area contributed by atoms with Crippen LogP contribution < -0.4 is 4.74 Å². The molecule has 0 unspecified atom stereocenters. The summed E-state index contributed by atoms with van der Waals surface area (Å²) in [6.45, 7) is 6.20. The molecule has 190 valence electrons. The molecule has 2 saturated carbocycles. The van der Waals surface area contributed by atoms with Gasteiger partial charge >= 0.3 is 0 Å². The highest BCUT2D eigenvalue weighted by atomic mass is 19.2. The van der Waals surface area contributed by atoms with Gasteiger partial charge in [-0.1, -0.05) is 57.1 Å². The van der Waals surface area contributed by atoms with E-state index < -0.39 is 11.6 Å². The molecule has 0 aromatic heterocycles. The summed E-state index contributed by atoms with van der Waals surface area (Å²) in [6, 6.07) is 7.03. The summed E-state index contributed by atoms with van der Waals surface area (Å²) in [6.07, 6.45) is 21.1. The lowest BCUT2D eigenvalue weighted by molar-refractivity contribution is 0.152. The van der Waals surface area contributed by atoms with Crippen molar-refractivity contribution in [2.45, 2.75) is 84.0 Å². The molecule has 0 spiro atoms. The Bertz CT molecular complexity index is 994. The third kappa shape index (κ3) is 6.74. The Kier molecular flexibility index (Phi) is 9.40. The molecule has 2 aromatic rings. The standard InChI is InChI=1S/C32H42F2O/c1-3-5-6-7-23-8-13-25(14-9-23)26-15-10-24(11-16-26)12-17-28-21-27-18-19-29(35-20-4-2)22-30(27)32(34)31(28)33/h4,6-7,18-19,21-26H,2-3,5,8-17,20H2,1H3/b7-6+. The van der Waals surface area contributed by atoms with Crippen LogP contribution in [0.15, 0.2) is 49.1 Å². The van der Waals surface area contributed by atoms with Crippen LogP contribution in [0.1, 0.15) is 83.1 Å². The average Bonchev–Trinajstić information content (AvgIpc) is 2.90. The normalized spacial score (nSPS) is 25.2. The minimum absolute atomic E-state index is 0.281. The average molecular weight is 481 g/mol. The first-order valence-electron chi connectivity index (χ1n) is 13.9. The largest absolute Gasteiger partial charge is 0.490 e. The number of halogens is 2. The second-order valence-electron chi connectivity index (χ2n) is 10.9. The van der Waals surface area contributed by atoms with Gasteiger partial charge in [-0.05, 0) is 111 Å². The number of rotatable bonds is 10. The molecule has 0 N–H and O–H groups in total. The Morgan fingerprint density at radius 1 is 0.943 bits per heavy atom. The molecule has 2 aliphatic carbocycles. The number of unbranched alkanes of at least 4 members (excludes halogenated alkanes) is 1. The summed E-state index contributed by atoms with van der Waals surface area (Å²) in [5.74, 6) is 2.28. The van der Waals surface area contributed by atoms with E-state index in [0.717, 1.165) is 29.6 Å². The maximum Gasteiger partial charge on any atom is 0.167 e. The number of ether oxygens (including phenoxy) is 1. The lowest BCUT2D eigenvalue weighted by Crippen LogP contribution is -2.25. The van der Waals surface area contributed by atoms with Crippen molar-refractivity contribution in [2.75, 3.05) is 6.61 Å². The lowest BCUT2D eigenvalue weighted by Gasteiger charge is -2.37. The Labute approximate surface area is 210 Å². The predicted molar refractivity (Wildman–Crippen MR) is 143 cm³/mol. The fraction of sp³-hybridized carbons (Fsp3) is 0.562. The first-order valence-corrected chi connectivity index (χ1v) is 13.9. The van der Waals surface area contributed by atoms with Crippen molar-refractivity contribution >= 4 is 10.8 Å². The molecular formula is C32H42F2O. The zero-order valence-electron chi connectivity index (χ0n) is 21.4. The van der Waals surface area contributed by atoms with Crippen molar-refractivity contribution in [2.24, 2.45) is 23.7 Å². The number of fused-ring (bicyclic) bond motifs is 1. The summed E-state index contributed by atoms with van der Waals surface area (Å²) in [5, 5.41) is 1.01. The summed E-state index contributed by atoms with van der Waals surface area (Å²) < 4.78 is 35.2. The zero-order valence-corrected chi connectivity index (χ0v) is 21.4. The Morgan fingerprint density at radius 2 is 1.66 bits per heavy atom. The minimum Gasteiger partial charge on any atom is -0.490 e. The lowest BCUT2D eigenvalue weighted by atomic mass is 9.68. The number of allylic oxidation sites excluding steroid dienone is 2. The van der Waals surface area contributed by atoms with Gasteiger partial charge in [0, 0.05) is 5.39 Å². The molecular weight excluding hydrogens is 438 g/mol. The molecule has 35 heavy (non-hydrogen) atoms. The molecule has 0 amide bonds. The highest BCUT2D eigenvalue weighted by Crippen LogP contribution is 2.42. The fourth-order valence-corrected chi connectivity index (χ4v) is 6.36. The molecule has 0 bridgehead atoms. The molecule has 3 heteroatoms. The minimum atomic E-state index is -0.759. The van der Waals surface area contributed by atoms with Crippen molar-refractivity contribution < 1.29 is 13.5 Å². The highest BCUT2D eigenvalue weighted by molar-refractivity contribution is 5.85. The van der Waals surface area contributed by atoms with E-state index in [2.05, 4.69) is 25.7 Å². The van der Waals surface area contributed by atoms with E-state index in [0.29, 0.717) is 30.3 Å². The van der Waals surface area contributed by atoms with Gasteiger partial charge < -0.3 is 4.74 Å². The topological polar surface area (TPSA) is 9.23 Å². The Hall–Kier alpha value is -2.16. The fourth-order valence-electron chi connectivity index (χ4n) is 6.36. The molecule has 0 radical (unpaired) electrons. The Morgan fingerprint density at radius 3 is 2.34 bits per heavy atom. The van der Waals surface area contributed by atoms with Crippen LogP contribution in [0, 0.1) is 35.3 Å². The molecule has 2 fully saturated rings. The molecule has 1 nitrogen and oxygen atoms in total. The van der Waals surface area contributed by atoms with Gasteiger partial charge in [-0.15, -0.1) is 0 Å². The van der Waals surface area contributed by atoms with Gasteiger partial charge in [-0.3, -0.25) is 0 Å². The van der Waals surface area contributed by atoms with Gasteiger partial charge in [0.05, 0.1) is 0 Å². The third-order valence-corrected chi connectivity index (χ3v) is 8.49. The van der Waals surface area contributed by atoms with E-state index >= 15 is 0 Å². The van der Waals surface area contributed by atoms with Crippen molar-refractivity contribution in [1.82, 2.24) is 0 Å². The van der Waals surface area contributed by atoms with Gasteiger partial charge in [-0.25, -0.2) is 8.78 Å². The first-order chi connectivity index (χ1) is 17.1. The van der Waals surface area contributed by atoms with Gasteiger partial charge in [0.1, 0.15) is 12.4 Å². The first kappa shape index (κ1) is 25.9. The zero-order chi connectivity index (χ0) is 24.6. The van der Waals surface area contributed by atoms with Gasteiger partial charge in [-0.2, -0.15) is 0 Å². The predicted octanol–water partition coefficient (Wildman–Crippen LogP) is 9.58. The van der Waals surface area contributed by atoms with Crippen LogP contribution >= 0.6 is 0 Å². The molecule has 0 aliphatic heterocycles. The van der Waals surface area contributed by atoms with E-state index in [1.54, 1.807) is 12.1 Å². The Balaban J connectivity index is 1.27. The van der Waals surface area contributed by atoms with Crippen molar-refractivity contribution in [1.29, 1.82) is 0 Å². The van der Waals surface area contributed by atoms with Crippen LogP contribution in [0.5, 0.6) is 5.75 Å². The highest BCUT2D eigenvalue weighted by Gasteiger charge is 2.30. The van der Waals surface area contributed by atoms with E-state index in [1.165, 1.54) is 64.2 Å². The van der Waals surface area contributed by atoms with E-state index in [-0.39, 0.29) is 5.39 Å². The molecule has 0 heterocycles. The molecule has 2 aromatic carbocycles.